The van der Waals surface area contributed by atoms with Gasteiger partial charge in [0.25, 0.3) is 0 Å². The summed E-state index contributed by atoms with van der Waals surface area (Å²) in [5.74, 6) is -7.67. The van der Waals surface area contributed by atoms with E-state index in [2.05, 4.69) is 57.5 Å². The number of hydrogen-bond acceptors (Lipinski definition) is 13. The van der Waals surface area contributed by atoms with Crippen molar-refractivity contribution in [1.82, 2.24) is 47.5 Å². The fourth-order valence-corrected chi connectivity index (χ4v) is 7.12. The summed E-state index contributed by atoms with van der Waals surface area (Å²) in [5.41, 5.74) is 29.5. The quantitative estimate of drug-likeness (QED) is 0.0194. The minimum Gasteiger partial charge on any atom is -0.480 e. The van der Waals surface area contributed by atoms with Crippen molar-refractivity contribution >= 4 is 87.8 Å². The van der Waals surface area contributed by atoms with Crippen LogP contribution in [0.25, 0.3) is 10.9 Å². The molecule has 1 heterocycles. The molecule has 1 aromatic heterocycles. The molecular formula is C43H70N16O10S. The highest BCUT2D eigenvalue weighted by Crippen LogP contribution is 2.19. The summed E-state index contributed by atoms with van der Waals surface area (Å²) >= 11 is 1.38. The number of aliphatic carboxylic acids is 1. The summed E-state index contributed by atoms with van der Waals surface area (Å²) in [7, 11) is 0. The van der Waals surface area contributed by atoms with Crippen LogP contribution in [0.3, 0.4) is 0 Å². The van der Waals surface area contributed by atoms with E-state index in [1.54, 1.807) is 26.3 Å². The molecular weight excluding hydrogens is 933 g/mol. The Kier molecular flexibility index (Phi) is 25.6. The van der Waals surface area contributed by atoms with E-state index in [0.29, 0.717) is 5.75 Å². The van der Waals surface area contributed by atoms with Gasteiger partial charge in [-0.15, -0.1) is 0 Å². The average molecular weight is 1000 g/mol. The molecule has 70 heavy (non-hydrogen) atoms. The van der Waals surface area contributed by atoms with Crippen molar-refractivity contribution in [2.45, 2.75) is 109 Å². The fraction of sp³-hybridized carbons (Fsp3) is 0.558. The summed E-state index contributed by atoms with van der Waals surface area (Å²) in [6.07, 6.45) is 4.46. The summed E-state index contributed by atoms with van der Waals surface area (Å²) in [6, 6.07) is -0.683. The number of carboxylic acids is 1. The van der Waals surface area contributed by atoms with Crippen LogP contribution in [-0.4, -0.2) is 156 Å². The van der Waals surface area contributed by atoms with Crippen LogP contribution in [0.2, 0.25) is 0 Å². The average Bonchev–Trinajstić information content (AvgIpc) is 3.71. The monoisotopic (exact) mass is 1000 g/mol. The molecule has 0 unspecified atom stereocenters. The van der Waals surface area contributed by atoms with Gasteiger partial charge in [-0.1, -0.05) is 32.0 Å². The molecule has 2 aromatic rings. The zero-order valence-electron chi connectivity index (χ0n) is 40.1. The third-order valence-electron chi connectivity index (χ3n) is 10.5. The normalized spacial score (nSPS) is 13.9. The van der Waals surface area contributed by atoms with E-state index in [1.165, 1.54) is 25.6 Å². The predicted octanol–water partition coefficient (Wildman–Crippen LogP) is -4.18. The van der Waals surface area contributed by atoms with Crippen LogP contribution in [0.5, 0.6) is 0 Å². The minimum absolute atomic E-state index is 0.0249. The van der Waals surface area contributed by atoms with E-state index >= 15 is 0 Å². The number of nitrogens with zero attached hydrogens (tertiary/aromatic N) is 2. The van der Waals surface area contributed by atoms with Gasteiger partial charge in [-0.05, 0) is 81.9 Å². The molecule has 0 aliphatic heterocycles. The molecule has 0 spiro atoms. The van der Waals surface area contributed by atoms with Gasteiger partial charge in [-0.3, -0.25) is 53.1 Å². The Morgan fingerprint density at radius 2 is 1.16 bits per heavy atom. The maximum Gasteiger partial charge on any atom is 0.322 e. The van der Waals surface area contributed by atoms with Gasteiger partial charge in [-0.2, -0.15) is 11.8 Å². The lowest BCUT2D eigenvalue weighted by Gasteiger charge is -2.28. The summed E-state index contributed by atoms with van der Waals surface area (Å²) in [6.45, 7) is 4.97. The maximum atomic E-state index is 13.7. The lowest BCUT2D eigenvalue weighted by Crippen LogP contribution is -2.60. The first-order chi connectivity index (χ1) is 33.0. The van der Waals surface area contributed by atoms with E-state index in [1.807, 2.05) is 24.3 Å². The first kappa shape index (κ1) is 59.0. The molecule has 27 heteroatoms. The Labute approximate surface area is 409 Å². The van der Waals surface area contributed by atoms with Gasteiger partial charge < -0.3 is 81.3 Å². The highest BCUT2D eigenvalue weighted by atomic mass is 32.2. The van der Waals surface area contributed by atoms with Crippen LogP contribution >= 0.6 is 11.8 Å². The lowest BCUT2D eigenvalue weighted by molar-refractivity contribution is -0.138. The number of H-pyrrole nitrogens is 1. The largest absolute Gasteiger partial charge is 0.480 e. The molecule has 0 aliphatic carbocycles. The highest BCUT2D eigenvalue weighted by Gasteiger charge is 2.33. The number of aromatic nitrogens is 1. The van der Waals surface area contributed by atoms with Gasteiger partial charge in [0.2, 0.25) is 47.3 Å². The van der Waals surface area contributed by atoms with Gasteiger partial charge in [0.1, 0.15) is 42.8 Å². The number of fused-ring (bicyclic) bond motifs is 1. The van der Waals surface area contributed by atoms with Crippen molar-refractivity contribution in [2.75, 3.05) is 38.2 Å². The van der Waals surface area contributed by atoms with Gasteiger partial charge >= 0.3 is 5.97 Å². The Bertz CT molecular complexity index is 2180. The molecule has 7 atom stereocenters. The highest BCUT2D eigenvalue weighted by molar-refractivity contribution is 7.98. The number of rotatable bonds is 31. The van der Waals surface area contributed by atoms with Crippen molar-refractivity contribution in [3.63, 3.8) is 0 Å². The van der Waals surface area contributed by atoms with E-state index in [4.69, 9.17) is 33.8 Å². The zero-order valence-corrected chi connectivity index (χ0v) is 40.9. The van der Waals surface area contributed by atoms with E-state index in [-0.39, 0.29) is 63.5 Å². The summed E-state index contributed by atoms with van der Waals surface area (Å²) in [5, 5.41) is 30.0. The van der Waals surface area contributed by atoms with Gasteiger partial charge in [0.15, 0.2) is 11.9 Å². The number of hydrogen-bond donors (Lipinski definition) is 15. The van der Waals surface area contributed by atoms with Crippen LogP contribution in [0.4, 0.5) is 0 Å². The second kappa shape index (κ2) is 30.4. The second-order valence-corrected chi connectivity index (χ2v) is 17.6. The van der Waals surface area contributed by atoms with Gasteiger partial charge in [0, 0.05) is 30.2 Å². The maximum absolute atomic E-state index is 13.7. The molecule has 0 radical (unpaired) electrons. The Morgan fingerprint density at radius 1 is 0.643 bits per heavy atom. The topological polar surface area (TPSA) is 441 Å². The first-order valence-corrected chi connectivity index (χ1v) is 23.9. The molecule has 0 aliphatic rings. The van der Waals surface area contributed by atoms with Crippen LogP contribution in [0.15, 0.2) is 40.4 Å². The van der Waals surface area contributed by atoms with Gasteiger partial charge in [0.05, 0.1) is 12.6 Å². The summed E-state index contributed by atoms with van der Waals surface area (Å²) in [4.78, 5) is 128. The molecule has 0 fully saturated rings. The number of nitrogens with two attached hydrogens (primary N) is 5. The standard InChI is InChI=1S/C43H70N16O10S/c1-22(2)34(41(69)58-30(13-9-16-50-43(47)48)39(67)53-21-33(61)62)59-40(68)31(14-17-70-5)56-36(64)24(4)55-35(63)23(3)54-32(60)20-52-38(66)29(12-8-15-49-42(45)46)57-37(65)27(44)18-25-19-51-28-11-7-6-10-26(25)28/h6-7,10-11,19,22-24,27,29-31,34,51H,8-9,12-18,20-21,44H2,1-5H3,(H,52,66)(H,53,67)(H,54,60)(H,55,63)(H,56,64)(H,57,65)(H,58,69)(H,59,68)(H,61,62)(H4,45,46,49)(H4,47,48,50)/t23-,24-,27-,29-,30-,31-,34-/m0/s1. The number of benzene rings is 1. The van der Waals surface area contributed by atoms with Crippen molar-refractivity contribution in [3.8, 4) is 0 Å². The molecule has 1 aromatic carbocycles. The smallest absolute Gasteiger partial charge is 0.322 e. The van der Waals surface area contributed by atoms with Crippen LogP contribution < -0.4 is 71.2 Å². The molecule has 388 valence electrons. The number of carboxylic acid groups (broad SMARTS) is 1. The Hall–Kier alpha value is -7.16. The number of aliphatic imine (C=N–C) groups is 2. The number of amides is 8. The van der Waals surface area contributed by atoms with E-state index in [9.17, 15) is 43.2 Å². The molecule has 26 nitrogen and oxygen atoms in total. The van der Waals surface area contributed by atoms with Gasteiger partial charge in [-0.25, -0.2) is 0 Å². The number of carbonyl (C=O) groups excluding carboxylic acids is 8. The third kappa shape index (κ3) is 21.4. The number of carbonyl (C=O) groups is 9. The molecule has 0 bridgehead atoms. The SMILES string of the molecule is CSCC[C@H](NC(=O)[C@H](C)NC(=O)[C@H](C)NC(=O)CNC(=O)[C@H](CCCN=C(N)N)NC(=O)[C@@H](N)Cc1c[nH]c2ccccc12)C(=O)N[C@H](C(=O)N[C@@H](CCCN=C(N)N)C(=O)NCC(=O)O)C(C)C. The molecule has 0 saturated heterocycles. The van der Waals surface area contributed by atoms with Crippen molar-refractivity contribution < 1.29 is 48.3 Å². The Balaban J connectivity index is 2.03. The van der Waals surface area contributed by atoms with E-state index in [0.717, 1.165) is 16.5 Å². The number of para-hydroxylation sites is 1. The van der Waals surface area contributed by atoms with Crippen molar-refractivity contribution in [1.29, 1.82) is 0 Å². The van der Waals surface area contributed by atoms with Crippen LogP contribution in [0.1, 0.15) is 65.4 Å². The van der Waals surface area contributed by atoms with Crippen LogP contribution in [-0.2, 0) is 49.6 Å². The molecule has 8 amide bonds. The van der Waals surface area contributed by atoms with Crippen molar-refractivity contribution in [2.24, 2.45) is 44.6 Å². The fourth-order valence-electron chi connectivity index (χ4n) is 6.64. The molecule has 0 saturated carbocycles. The molecule has 2 rings (SSSR count). The van der Waals surface area contributed by atoms with E-state index < -0.39 is 115 Å². The molecule has 20 N–H and O–H groups in total. The first-order valence-electron chi connectivity index (χ1n) is 22.5. The zero-order chi connectivity index (χ0) is 52.5. The third-order valence-corrected chi connectivity index (χ3v) is 11.1. The Morgan fingerprint density at radius 3 is 1.71 bits per heavy atom. The van der Waals surface area contributed by atoms with Crippen LogP contribution in [0, 0.1) is 5.92 Å². The number of nitrogens with one attached hydrogen (secondary N) is 9. The summed E-state index contributed by atoms with van der Waals surface area (Å²) < 4.78 is 0. The number of guanidine groups is 2. The number of aromatic amines is 1. The minimum atomic E-state index is -1.30. The second-order valence-electron chi connectivity index (χ2n) is 16.6. The van der Waals surface area contributed by atoms with Crippen molar-refractivity contribution in [3.05, 3.63) is 36.0 Å². The predicted molar refractivity (Wildman–Crippen MR) is 264 cm³/mol. The number of thioether (sulfide) groups is 1. The lowest BCUT2D eigenvalue weighted by atomic mass is 10.0.